The summed E-state index contributed by atoms with van der Waals surface area (Å²) in [5, 5.41) is 10.8. The Bertz CT molecular complexity index is 983. The summed E-state index contributed by atoms with van der Waals surface area (Å²) in [7, 11) is -3.82. The molecule has 0 unspecified atom stereocenters. The highest BCUT2D eigenvalue weighted by atomic mass is 32.2. The molecule has 4 nitrogen and oxygen atoms in total. The van der Waals surface area contributed by atoms with E-state index in [0.717, 1.165) is 10.8 Å². The SMILES string of the molecule is N#Cc1ccccc1S(=O)(=O)Nc1cccc2ccccc12. The predicted molar refractivity (Wildman–Crippen MR) is 85.9 cm³/mol. The quantitative estimate of drug-likeness (QED) is 0.805. The second-order valence-electron chi connectivity index (χ2n) is 4.74. The van der Waals surface area contributed by atoms with Gasteiger partial charge in [-0.25, -0.2) is 8.42 Å². The van der Waals surface area contributed by atoms with Gasteiger partial charge in [0.25, 0.3) is 10.0 Å². The fraction of sp³-hybridized carbons (Fsp3) is 0. The molecule has 0 fully saturated rings. The number of nitrogens with one attached hydrogen (secondary N) is 1. The molecule has 1 N–H and O–H groups in total. The molecule has 22 heavy (non-hydrogen) atoms. The van der Waals surface area contributed by atoms with Gasteiger partial charge in [-0.15, -0.1) is 0 Å². The van der Waals surface area contributed by atoms with Gasteiger partial charge in [-0.2, -0.15) is 5.26 Å². The molecule has 0 bridgehead atoms. The lowest BCUT2D eigenvalue weighted by molar-refractivity contribution is 0.601. The summed E-state index contributed by atoms with van der Waals surface area (Å²) in [4.78, 5) is -0.0227. The Morgan fingerprint density at radius 3 is 2.36 bits per heavy atom. The molecule has 3 aromatic carbocycles. The van der Waals surface area contributed by atoms with Crippen LogP contribution in [0.3, 0.4) is 0 Å². The monoisotopic (exact) mass is 308 g/mol. The van der Waals surface area contributed by atoms with Crippen molar-refractivity contribution in [2.24, 2.45) is 0 Å². The molecule has 0 spiro atoms. The van der Waals surface area contributed by atoms with Crippen molar-refractivity contribution in [2.75, 3.05) is 4.72 Å². The van der Waals surface area contributed by atoms with E-state index in [2.05, 4.69) is 4.72 Å². The van der Waals surface area contributed by atoms with Crippen LogP contribution in [0.15, 0.2) is 71.6 Å². The third-order valence-corrected chi connectivity index (χ3v) is 4.75. The van der Waals surface area contributed by atoms with Crippen molar-refractivity contribution in [3.05, 3.63) is 72.3 Å². The first-order valence-electron chi connectivity index (χ1n) is 6.61. The van der Waals surface area contributed by atoms with Gasteiger partial charge < -0.3 is 0 Å². The van der Waals surface area contributed by atoms with Crippen LogP contribution in [-0.4, -0.2) is 8.42 Å². The van der Waals surface area contributed by atoms with Gasteiger partial charge in [-0.1, -0.05) is 48.5 Å². The van der Waals surface area contributed by atoms with Crippen LogP contribution < -0.4 is 4.72 Å². The van der Waals surface area contributed by atoms with E-state index in [-0.39, 0.29) is 10.5 Å². The van der Waals surface area contributed by atoms with E-state index >= 15 is 0 Å². The van der Waals surface area contributed by atoms with Crippen LogP contribution >= 0.6 is 0 Å². The van der Waals surface area contributed by atoms with E-state index in [1.165, 1.54) is 12.1 Å². The summed E-state index contributed by atoms with van der Waals surface area (Å²) in [6, 6.07) is 21.0. The Morgan fingerprint density at radius 2 is 1.55 bits per heavy atom. The number of nitrogens with zero attached hydrogens (tertiary/aromatic N) is 1. The average Bonchev–Trinajstić information content (AvgIpc) is 2.55. The molecule has 3 rings (SSSR count). The minimum atomic E-state index is -3.82. The molecule has 0 aliphatic rings. The van der Waals surface area contributed by atoms with Crippen LogP contribution in [0.2, 0.25) is 0 Å². The molecule has 0 saturated heterocycles. The molecule has 0 radical (unpaired) electrons. The maximum Gasteiger partial charge on any atom is 0.263 e. The fourth-order valence-corrected chi connectivity index (χ4v) is 3.55. The van der Waals surface area contributed by atoms with Gasteiger partial charge in [0, 0.05) is 5.39 Å². The zero-order valence-electron chi connectivity index (χ0n) is 11.5. The van der Waals surface area contributed by atoms with Crippen molar-refractivity contribution in [1.82, 2.24) is 0 Å². The van der Waals surface area contributed by atoms with Crippen molar-refractivity contribution < 1.29 is 8.42 Å². The van der Waals surface area contributed by atoms with Crippen LogP contribution in [0.5, 0.6) is 0 Å². The zero-order chi connectivity index (χ0) is 15.6. The van der Waals surface area contributed by atoms with Gasteiger partial charge in [-0.3, -0.25) is 4.72 Å². The number of nitriles is 1. The first-order valence-corrected chi connectivity index (χ1v) is 8.10. The molecule has 108 valence electrons. The molecule has 0 saturated carbocycles. The smallest absolute Gasteiger partial charge is 0.263 e. The van der Waals surface area contributed by atoms with Crippen LogP contribution in [0, 0.1) is 11.3 Å². The number of sulfonamides is 1. The first-order chi connectivity index (χ1) is 10.6. The number of anilines is 1. The summed E-state index contributed by atoms with van der Waals surface area (Å²) in [5.74, 6) is 0. The Labute approximate surface area is 128 Å². The third-order valence-electron chi connectivity index (χ3n) is 3.33. The van der Waals surface area contributed by atoms with Gasteiger partial charge in [0.1, 0.15) is 11.0 Å². The van der Waals surface area contributed by atoms with Gasteiger partial charge in [0.05, 0.1) is 11.3 Å². The van der Waals surface area contributed by atoms with Crippen molar-refractivity contribution >= 4 is 26.5 Å². The van der Waals surface area contributed by atoms with Crippen LogP contribution in [0.1, 0.15) is 5.56 Å². The highest BCUT2D eigenvalue weighted by molar-refractivity contribution is 7.92. The van der Waals surface area contributed by atoms with E-state index in [9.17, 15) is 8.42 Å². The largest absolute Gasteiger partial charge is 0.279 e. The summed E-state index contributed by atoms with van der Waals surface area (Å²) >= 11 is 0. The molecular formula is C17H12N2O2S. The van der Waals surface area contributed by atoms with Crippen molar-refractivity contribution in [2.45, 2.75) is 4.90 Å². The average molecular weight is 308 g/mol. The second kappa shape index (κ2) is 5.51. The van der Waals surface area contributed by atoms with Gasteiger partial charge in [0.15, 0.2) is 0 Å². The maximum atomic E-state index is 12.6. The van der Waals surface area contributed by atoms with Crippen LogP contribution in [0.4, 0.5) is 5.69 Å². The zero-order valence-corrected chi connectivity index (χ0v) is 12.3. The first kappa shape index (κ1) is 14.1. The van der Waals surface area contributed by atoms with Crippen molar-refractivity contribution in [3.63, 3.8) is 0 Å². The Morgan fingerprint density at radius 1 is 0.864 bits per heavy atom. The molecule has 0 atom stereocenters. The van der Waals surface area contributed by atoms with Gasteiger partial charge >= 0.3 is 0 Å². The molecule has 0 aromatic heterocycles. The minimum absolute atomic E-state index is 0.0227. The number of benzene rings is 3. The lowest BCUT2D eigenvalue weighted by Gasteiger charge is -2.11. The van der Waals surface area contributed by atoms with Gasteiger partial charge in [-0.05, 0) is 23.6 Å². The van der Waals surface area contributed by atoms with E-state index in [4.69, 9.17) is 5.26 Å². The van der Waals surface area contributed by atoms with Gasteiger partial charge in [0.2, 0.25) is 0 Å². The minimum Gasteiger partial charge on any atom is -0.279 e. The van der Waals surface area contributed by atoms with E-state index in [1.807, 2.05) is 36.4 Å². The highest BCUT2D eigenvalue weighted by Gasteiger charge is 2.19. The van der Waals surface area contributed by atoms with E-state index in [1.54, 1.807) is 24.3 Å². The normalized spacial score (nSPS) is 11.0. The molecule has 0 aliphatic heterocycles. The second-order valence-corrected chi connectivity index (χ2v) is 6.39. The Hall–Kier alpha value is -2.84. The molecule has 0 amide bonds. The Kier molecular flexibility index (Phi) is 3.53. The third kappa shape index (κ3) is 2.52. The number of rotatable bonds is 3. The fourth-order valence-electron chi connectivity index (χ4n) is 2.31. The van der Waals surface area contributed by atoms with Crippen molar-refractivity contribution in [3.8, 4) is 6.07 Å². The topological polar surface area (TPSA) is 70.0 Å². The van der Waals surface area contributed by atoms with Crippen LogP contribution in [0.25, 0.3) is 10.8 Å². The molecule has 5 heteroatoms. The highest BCUT2D eigenvalue weighted by Crippen LogP contribution is 2.26. The summed E-state index contributed by atoms with van der Waals surface area (Å²) < 4.78 is 27.7. The predicted octanol–water partition coefficient (Wildman–Crippen LogP) is 3.51. The maximum absolute atomic E-state index is 12.6. The lowest BCUT2D eigenvalue weighted by atomic mass is 10.1. The molecule has 0 heterocycles. The number of hydrogen-bond acceptors (Lipinski definition) is 3. The molecule has 3 aromatic rings. The number of hydrogen-bond donors (Lipinski definition) is 1. The van der Waals surface area contributed by atoms with E-state index < -0.39 is 10.0 Å². The standard InChI is InChI=1S/C17H12N2O2S/c18-12-14-7-2-4-11-17(14)22(20,21)19-16-10-5-8-13-6-1-3-9-15(13)16/h1-11,19H. The lowest BCUT2D eigenvalue weighted by Crippen LogP contribution is -2.14. The molecule has 0 aliphatic carbocycles. The summed E-state index contributed by atoms with van der Waals surface area (Å²) in [5.41, 5.74) is 0.612. The molecular weight excluding hydrogens is 296 g/mol. The van der Waals surface area contributed by atoms with E-state index in [0.29, 0.717) is 5.69 Å². The van der Waals surface area contributed by atoms with Crippen LogP contribution in [-0.2, 0) is 10.0 Å². The number of fused-ring (bicyclic) bond motifs is 1. The summed E-state index contributed by atoms with van der Waals surface area (Å²) in [6.45, 7) is 0. The summed E-state index contributed by atoms with van der Waals surface area (Å²) in [6.07, 6.45) is 0. The Balaban J connectivity index is 2.10. The van der Waals surface area contributed by atoms with Crippen molar-refractivity contribution in [1.29, 1.82) is 5.26 Å².